The number of nitrogens with one attached hydrogen (secondary N) is 2. The molecule has 1 amide bonds. The lowest BCUT2D eigenvalue weighted by Gasteiger charge is -2.35. The molecule has 0 bridgehead atoms. The van der Waals surface area contributed by atoms with Gasteiger partial charge in [-0.1, -0.05) is 36.0 Å². The third kappa shape index (κ3) is 5.41. The summed E-state index contributed by atoms with van der Waals surface area (Å²) in [5.74, 6) is 0.774. The Bertz CT molecular complexity index is 945. The smallest absolute Gasteiger partial charge is 0.251 e. The van der Waals surface area contributed by atoms with Crippen molar-refractivity contribution in [1.82, 2.24) is 20.2 Å². The number of fused-ring (bicyclic) bond motifs is 1. The lowest BCUT2D eigenvalue weighted by Crippen LogP contribution is -2.47. The number of morpholine rings is 1. The average molecular weight is 425 g/mol. The molecule has 0 aliphatic carbocycles. The highest BCUT2D eigenvalue weighted by atomic mass is 32.2. The fraction of sp³-hybridized carbons (Fsp3) is 0.391. The van der Waals surface area contributed by atoms with Gasteiger partial charge in [0.2, 0.25) is 0 Å². The number of hydrogen-bond acceptors (Lipinski definition) is 5. The minimum Gasteiger partial charge on any atom is -0.373 e. The lowest BCUT2D eigenvalue weighted by atomic mass is 10.1. The fourth-order valence-corrected chi connectivity index (χ4v) is 4.64. The molecule has 6 nitrogen and oxygen atoms in total. The van der Waals surface area contributed by atoms with Gasteiger partial charge in [0.15, 0.2) is 5.16 Å². The first-order valence-corrected chi connectivity index (χ1v) is 11.4. The summed E-state index contributed by atoms with van der Waals surface area (Å²) < 4.78 is 5.75. The van der Waals surface area contributed by atoms with Crippen molar-refractivity contribution in [1.29, 1.82) is 0 Å². The first-order valence-electron chi connectivity index (χ1n) is 10.4. The predicted molar refractivity (Wildman–Crippen MR) is 121 cm³/mol. The normalized spacial score (nSPS) is 19.8. The number of aromatic nitrogens is 2. The van der Waals surface area contributed by atoms with E-state index in [-0.39, 0.29) is 18.1 Å². The summed E-state index contributed by atoms with van der Waals surface area (Å²) in [4.78, 5) is 22.7. The monoisotopic (exact) mass is 424 g/mol. The van der Waals surface area contributed by atoms with Crippen molar-refractivity contribution in [2.24, 2.45) is 0 Å². The molecule has 1 aliphatic rings. The van der Waals surface area contributed by atoms with Gasteiger partial charge in [0.25, 0.3) is 5.91 Å². The largest absolute Gasteiger partial charge is 0.373 e. The molecule has 2 heterocycles. The molecule has 4 rings (SSSR count). The van der Waals surface area contributed by atoms with E-state index in [1.807, 2.05) is 48.5 Å². The highest BCUT2D eigenvalue weighted by Gasteiger charge is 2.21. The van der Waals surface area contributed by atoms with Crippen molar-refractivity contribution in [3.63, 3.8) is 0 Å². The van der Waals surface area contributed by atoms with Gasteiger partial charge in [-0.2, -0.15) is 0 Å². The molecule has 0 spiro atoms. The van der Waals surface area contributed by atoms with Gasteiger partial charge in [-0.3, -0.25) is 9.69 Å². The molecular formula is C23H28N4O2S. The zero-order chi connectivity index (χ0) is 20.9. The van der Waals surface area contributed by atoms with E-state index in [0.717, 1.165) is 47.1 Å². The van der Waals surface area contributed by atoms with E-state index in [0.29, 0.717) is 12.1 Å². The number of rotatable bonds is 7. The number of para-hydroxylation sites is 2. The highest BCUT2D eigenvalue weighted by Crippen LogP contribution is 2.23. The first kappa shape index (κ1) is 20.9. The fourth-order valence-electron chi connectivity index (χ4n) is 3.80. The molecule has 0 saturated carbocycles. The van der Waals surface area contributed by atoms with E-state index in [2.05, 4.69) is 34.0 Å². The van der Waals surface area contributed by atoms with Crippen molar-refractivity contribution < 1.29 is 9.53 Å². The molecular weight excluding hydrogens is 396 g/mol. The molecule has 2 N–H and O–H groups in total. The maximum absolute atomic E-state index is 12.4. The van der Waals surface area contributed by atoms with Crippen LogP contribution in [-0.2, 0) is 10.5 Å². The van der Waals surface area contributed by atoms with Crippen LogP contribution in [0.15, 0.2) is 53.7 Å². The van der Waals surface area contributed by atoms with E-state index in [1.165, 1.54) is 0 Å². The number of H-pyrrole nitrogens is 1. The Hall–Kier alpha value is -2.35. The summed E-state index contributed by atoms with van der Waals surface area (Å²) in [6.07, 6.45) is 0.490. The third-order valence-electron chi connectivity index (χ3n) is 5.17. The summed E-state index contributed by atoms with van der Waals surface area (Å²) in [6, 6.07) is 15.8. The van der Waals surface area contributed by atoms with E-state index in [9.17, 15) is 4.79 Å². The van der Waals surface area contributed by atoms with E-state index in [4.69, 9.17) is 4.74 Å². The lowest BCUT2D eigenvalue weighted by molar-refractivity contribution is -0.0672. The number of nitrogens with zero attached hydrogens (tertiary/aromatic N) is 2. The Morgan fingerprint density at radius 3 is 2.63 bits per heavy atom. The molecule has 7 heteroatoms. The van der Waals surface area contributed by atoms with E-state index >= 15 is 0 Å². The molecule has 1 saturated heterocycles. The minimum absolute atomic E-state index is 0.0270. The second-order valence-corrected chi connectivity index (χ2v) is 8.78. The van der Waals surface area contributed by atoms with Crippen LogP contribution in [0, 0.1) is 0 Å². The second kappa shape index (κ2) is 9.64. The quantitative estimate of drug-likeness (QED) is 0.566. The standard InChI is InChI=1S/C23H28N4O2S/c1-16-13-27(14-17(2)29-16)12-11-24-22(28)19-9-7-18(8-10-19)15-30-23-25-20-5-3-4-6-21(20)26-23/h3-10,16-17H,11-15H2,1-2H3,(H,24,28)(H,25,26)/t16-,17-/m0/s1. The maximum Gasteiger partial charge on any atom is 0.251 e. The molecule has 0 radical (unpaired) electrons. The third-order valence-corrected chi connectivity index (χ3v) is 6.11. The number of aromatic amines is 1. The van der Waals surface area contributed by atoms with Crippen LogP contribution in [0.1, 0.15) is 29.8 Å². The Morgan fingerprint density at radius 2 is 1.90 bits per heavy atom. The minimum atomic E-state index is -0.0270. The summed E-state index contributed by atoms with van der Waals surface area (Å²) in [6.45, 7) is 7.50. The van der Waals surface area contributed by atoms with Gasteiger partial charge in [0, 0.05) is 37.5 Å². The van der Waals surface area contributed by atoms with Crippen molar-refractivity contribution in [2.45, 2.75) is 37.0 Å². The van der Waals surface area contributed by atoms with Crippen LogP contribution in [-0.4, -0.2) is 59.2 Å². The molecule has 1 aliphatic heterocycles. The number of carbonyl (C=O) groups excluding carboxylic acids is 1. The highest BCUT2D eigenvalue weighted by molar-refractivity contribution is 7.98. The van der Waals surface area contributed by atoms with E-state index < -0.39 is 0 Å². The van der Waals surface area contributed by atoms with Crippen LogP contribution in [0.4, 0.5) is 0 Å². The van der Waals surface area contributed by atoms with Gasteiger partial charge in [0.1, 0.15) is 0 Å². The van der Waals surface area contributed by atoms with Crippen molar-refractivity contribution in [3.8, 4) is 0 Å². The van der Waals surface area contributed by atoms with Crippen LogP contribution < -0.4 is 5.32 Å². The molecule has 2 aromatic carbocycles. The van der Waals surface area contributed by atoms with Gasteiger partial charge < -0.3 is 15.0 Å². The van der Waals surface area contributed by atoms with Gasteiger partial charge in [0.05, 0.1) is 23.2 Å². The Kier molecular flexibility index (Phi) is 6.72. The van der Waals surface area contributed by atoms with Crippen molar-refractivity contribution in [2.75, 3.05) is 26.2 Å². The second-order valence-electron chi connectivity index (χ2n) is 7.82. The Labute approximate surface area is 181 Å². The maximum atomic E-state index is 12.4. The predicted octanol–water partition coefficient (Wildman–Crippen LogP) is 3.69. The SMILES string of the molecule is C[C@H]1CN(CCNC(=O)c2ccc(CSc3nc4ccccc4[nH]3)cc2)C[C@H](C)O1. The number of ether oxygens (including phenoxy) is 1. The van der Waals surface area contributed by atoms with Gasteiger partial charge >= 0.3 is 0 Å². The van der Waals surface area contributed by atoms with Crippen LogP contribution in [0.3, 0.4) is 0 Å². The number of carbonyl (C=O) groups is 1. The van der Waals surface area contributed by atoms with Crippen LogP contribution >= 0.6 is 11.8 Å². The molecule has 2 atom stereocenters. The summed E-state index contributed by atoms with van der Waals surface area (Å²) in [7, 11) is 0. The number of benzene rings is 2. The Morgan fingerprint density at radius 1 is 1.17 bits per heavy atom. The zero-order valence-corrected chi connectivity index (χ0v) is 18.2. The molecule has 0 unspecified atom stereocenters. The van der Waals surface area contributed by atoms with Gasteiger partial charge in [-0.05, 0) is 43.7 Å². The van der Waals surface area contributed by atoms with Crippen LogP contribution in [0.2, 0.25) is 0 Å². The first-order chi connectivity index (χ1) is 14.6. The molecule has 158 valence electrons. The molecule has 3 aromatic rings. The van der Waals surface area contributed by atoms with Crippen molar-refractivity contribution >= 4 is 28.7 Å². The summed E-state index contributed by atoms with van der Waals surface area (Å²) >= 11 is 1.66. The van der Waals surface area contributed by atoms with Gasteiger partial charge in [-0.25, -0.2) is 4.98 Å². The topological polar surface area (TPSA) is 70.2 Å². The molecule has 1 fully saturated rings. The molecule has 30 heavy (non-hydrogen) atoms. The number of amides is 1. The summed E-state index contributed by atoms with van der Waals surface area (Å²) in [5.41, 5.74) is 3.88. The van der Waals surface area contributed by atoms with Crippen molar-refractivity contribution in [3.05, 3.63) is 59.7 Å². The summed E-state index contributed by atoms with van der Waals surface area (Å²) in [5, 5.41) is 3.93. The van der Waals surface area contributed by atoms with E-state index in [1.54, 1.807) is 11.8 Å². The number of hydrogen-bond donors (Lipinski definition) is 2. The van der Waals surface area contributed by atoms with Crippen LogP contribution in [0.25, 0.3) is 11.0 Å². The van der Waals surface area contributed by atoms with Crippen LogP contribution in [0.5, 0.6) is 0 Å². The molecule has 1 aromatic heterocycles. The number of imidazole rings is 1. The zero-order valence-electron chi connectivity index (χ0n) is 17.4. The Balaban J connectivity index is 1.24. The number of thioether (sulfide) groups is 1. The average Bonchev–Trinajstić information content (AvgIpc) is 3.15. The van der Waals surface area contributed by atoms with Gasteiger partial charge in [-0.15, -0.1) is 0 Å².